The quantitative estimate of drug-likeness (QED) is 0.858. The first-order chi connectivity index (χ1) is 9.70. The number of rotatable bonds is 6. The van der Waals surface area contributed by atoms with Crippen LogP contribution in [0.15, 0.2) is 24.3 Å². The Bertz CT molecular complexity index is 403. The average Bonchev–Trinajstić information content (AvgIpc) is 2.48. The van der Waals surface area contributed by atoms with Crippen LogP contribution in [0.1, 0.15) is 43.7 Å². The topological polar surface area (TPSA) is 15.3 Å². The number of nitrogens with one attached hydrogen (secondary N) is 1. The summed E-state index contributed by atoms with van der Waals surface area (Å²) in [5.41, 5.74) is 1.11. The maximum atomic E-state index is 12.8. The minimum absolute atomic E-state index is 0.126. The zero-order valence-corrected chi connectivity index (χ0v) is 12.1. The standard InChI is InChI=1S/C16H24F2N2/c1-2-9-20(15-7-4-8-19-11-15)12-13-5-3-6-14(10-13)16(17)18/h3,5-6,10,15-16,19H,2,4,7-9,11-12H2,1H3. The number of alkyl halides is 2. The second-order valence-corrected chi connectivity index (χ2v) is 5.52. The lowest BCUT2D eigenvalue weighted by Crippen LogP contribution is -2.45. The van der Waals surface area contributed by atoms with Crippen LogP contribution in [0.25, 0.3) is 0 Å². The minimum Gasteiger partial charge on any atom is -0.315 e. The Morgan fingerprint density at radius 2 is 2.25 bits per heavy atom. The van der Waals surface area contributed by atoms with Crippen molar-refractivity contribution in [2.45, 2.75) is 45.2 Å². The Hall–Kier alpha value is -1.00. The van der Waals surface area contributed by atoms with Crippen LogP contribution in [0, 0.1) is 0 Å². The zero-order valence-electron chi connectivity index (χ0n) is 12.1. The third kappa shape index (κ3) is 4.25. The zero-order chi connectivity index (χ0) is 14.4. The Kier molecular flexibility index (Phi) is 5.92. The van der Waals surface area contributed by atoms with Crippen molar-refractivity contribution in [1.82, 2.24) is 10.2 Å². The maximum Gasteiger partial charge on any atom is 0.263 e. The highest BCUT2D eigenvalue weighted by molar-refractivity contribution is 5.24. The summed E-state index contributed by atoms with van der Waals surface area (Å²) in [5, 5.41) is 3.43. The molecule has 0 aliphatic carbocycles. The van der Waals surface area contributed by atoms with E-state index >= 15 is 0 Å². The number of hydrogen-bond acceptors (Lipinski definition) is 2. The molecule has 1 unspecified atom stereocenters. The van der Waals surface area contributed by atoms with Gasteiger partial charge in [-0.3, -0.25) is 4.90 Å². The van der Waals surface area contributed by atoms with E-state index in [9.17, 15) is 8.78 Å². The van der Waals surface area contributed by atoms with Crippen molar-refractivity contribution in [3.8, 4) is 0 Å². The molecule has 4 heteroatoms. The summed E-state index contributed by atoms with van der Waals surface area (Å²) in [6, 6.07) is 7.36. The van der Waals surface area contributed by atoms with Gasteiger partial charge in [0.2, 0.25) is 0 Å². The van der Waals surface area contributed by atoms with Crippen LogP contribution < -0.4 is 5.32 Å². The third-order valence-corrected chi connectivity index (χ3v) is 3.89. The van der Waals surface area contributed by atoms with Gasteiger partial charge in [0.15, 0.2) is 0 Å². The SMILES string of the molecule is CCCN(Cc1cccc(C(F)F)c1)C1CCCNC1. The van der Waals surface area contributed by atoms with Crippen molar-refractivity contribution in [2.24, 2.45) is 0 Å². The monoisotopic (exact) mass is 282 g/mol. The molecule has 1 saturated heterocycles. The summed E-state index contributed by atoms with van der Waals surface area (Å²) >= 11 is 0. The predicted molar refractivity (Wildman–Crippen MR) is 78.0 cm³/mol. The van der Waals surface area contributed by atoms with E-state index in [0.717, 1.165) is 38.2 Å². The number of piperidine rings is 1. The molecule has 1 aliphatic heterocycles. The highest BCUT2D eigenvalue weighted by Gasteiger charge is 2.20. The van der Waals surface area contributed by atoms with Crippen LogP contribution in [0.2, 0.25) is 0 Å². The molecule has 1 heterocycles. The van der Waals surface area contributed by atoms with E-state index in [-0.39, 0.29) is 5.56 Å². The summed E-state index contributed by atoms with van der Waals surface area (Å²) in [6.45, 7) is 6.05. The van der Waals surface area contributed by atoms with Crippen LogP contribution in [0.3, 0.4) is 0 Å². The van der Waals surface area contributed by atoms with E-state index in [1.807, 2.05) is 6.07 Å². The summed E-state index contributed by atoms with van der Waals surface area (Å²) in [5.74, 6) is 0. The fourth-order valence-corrected chi connectivity index (χ4v) is 2.88. The second kappa shape index (κ2) is 7.70. The Balaban J connectivity index is 2.04. The first-order valence-corrected chi connectivity index (χ1v) is 7.52. The lowest BCUT2D eigenvalue weighted by atomic mass is 10.0. The number of hydrogen-bond donors (Lipinski definition) is 1. The largest absolute Gasteiger partial charge is 0.315 e. The Morgan fingerprint density at radius 3 is 2.90 bits per heavy atom. The van der Waals surface area contributed by atoms with E-state index in [1.165, 1.54) is 18.9 Å². The van der Waals surface area contributed by atoms with Gasteiger partial charge >= 0.3 is 0 Å². The highest BCUT2D eigenvalue weighted by atomic mass is 19.3. The van der Waals surface area contributed by atoms with Gasteiger partial charge in [0.05, 0.1) is 0 Å². The van der Waals surface area contributed by atoms with Gasteiger partial charge in [0.1, 0.15) is 0 Å². The molecule has 0 spiro atoms. The van der Waals surface area contributed by atoms with E-state index in [4.69, 9.17) is 0 Å². The maximum absolute atomic E-state index is 12.8. The van der Waals surface area contributed by atoms with Crippen molar-refractivity contribution >= 4 is 0 Å². The lowest BCUT2D eigenvalue weighted by Gasteiger charge is -2.34. The fraction of sp³-hybridized carbons (Fsp3) is 0.625. The second-order valence-electron chi connectivity index (χ2n) is 5.52. The van der Waals surface area contributed by atoms with Crippen LogP contribution >= 0.6 is 0 Å². The highest BCUT2D eigenvalue weighted by Crippen LogP contribution is 2.21. The number of nitrogens with zero attached hydrogens (tertiary/aromatic N) is 1. The smallest absolute Gasteiger partial charge is 0.263 e. The Morgan fingerprint density at radius 1 is 1.40 bits per heavy atom. The molecule has 1 fully saturated rings. The summed E-state index contributed by atoms with van der Waals surface area (Å²) in [6.07, 6.45) is 1.10. The van der Waals surface area contributed by atoms with Gasteiger partial charge in [-0.05, 0) is 44.0 Å². The molecule has 112 valence electrons. The van der Waals surface area contributed by atoms with Gasteiger partial charge in [-0.1, -0.05) is 25.1 Å². The molecule has 1 aromatic carbocycles. The van der Waals surface area contributed by atoms with Gasteiger partial charge in [-0.2, -0.15) is 0 Å². The molecule has 0 bridgehead atoms. The molecule has 1 aliphatic rings. The molecule has 1 aromatic rings. The van der Waals surface area contributed by atoms with E-state index in [1.54, 1.807) is 12.1 Å². The normalized spacial score (nSPS) is 19.8. The molecule has 1 atom stereocenters. The van der Waals surface area contributed by atoms with Crippen molar-refractivity contribution in [2.75, 3.05) is 19.6 Å². The Labute approximate surface area is 120 Å². The minimum atomic E-state index is -2.38. The lowest BCUT2D eigenvalue weighted by molar-refractivity contribution is 0.149. The van der Waals surface area contributed by atoms with Crippen LogP contribution in [-0.2, 0) is 6.54 Å². The van der Waals surface area contributed by atoms with Crippen LogP contribution in [-0.4, -0.2) is 30.6 Å². The summed E-state index contributed by atoms with van der Waals surface area (Å²) in [7, 11) is 0. The van der Waals surface area contributed by atoms with Crippen molar-refractivity contribution < 1.29 is 8.78 Å². The molecule has 1 N–H and O–H groups in total. The average molecular weight is 282 g/mol. The van der Waals surface area contributed by atoms with Gasteiger partial charge < -0.3 is 5.32 Å². The van der Waals surface area contributed by atoms with Crippen molar-refractivity contribution in [1.29, 1.82) is 0 Å². The van der Waals surface area contributed by atoms with E-state index < -0.39 is 6.43 Å². The van der Waals surface area contributed by atoms with Gasteiger partial charge in [0.25, 0.3) is 6.43 Å². The summed E-state index contributed by atoms with van der Waals surface area (Å²) in [4.78, 5) is 2.43. The molecule has 0 aromatic heterocycles. The van der Waals surface area contributed by atoms with E-state index in [0.29, 0.717) is 6.04 Å². The summed E-state index contributed by atoms with van der Waals surface area (Å²) < 4.78 is 25.5. The first kappa shape index (κ1) is 15.4. The van der Waals surface area contributed by atoms with Gasteiger partial charge in [0, 0.05) is 24.7 Å². The number of halogens is 2. The molecule has 0 amide bonds. The van der Waals surface area contributed by atoms with Crippen molar-refractivity contribution in [3.05, 3.63) is 35.4 Å². The van der Waals surface area contributed by atoms with Crippen molar-refractivity contribution in [3.63, 3.8) is 0 Å². The predicted octanol–water partition coefficient (Wildman–Crippen LogP) is 3.59. The molecule has 0 saturated carbocycles. The van der Waals surface area contributed by atoms with Crippen LogP contribution in [0.5, 0.6) is 0 Å². The van der Waals surface area contributed by atoms with Gasteiger partial charge in [-0.15, -0.1) is 0 Å². The van der Waals surface area contributed by atoms with Gasteiger partial charge in [-0.25, -0.2) is 8.78 Å². The molecular weight excluding hydrogens is 258 g/mol. The van der Waals surface area contributed by atoms with Crippen LogP contribution in [0.4, 0.5) is 8.78 Å². The molecule has 20 heavy (non-hydrogen) atoms. The molecular formula is C16H24F2N2. The molecule has 0 radical (unpaired) electrons. The van der Waals surface area contributed by atoms with E-state index in [2.05, 4.69) is 17.1 Å². The third-order valence-electron chi connectivity index (χ3n) is 3.89. The first-order valence-electron chi connectivity index (χ1n) is 7.52. The molecule has 2 nitrogen and oxygen atoms in total. The number of benzene rings is 1. The molecule has 2 rings (SSSR count). The fourth-order valence-electron chi connectivity index (χ4n) is 2.88.